The van der Waals surface area contributed by atoms with E-state index in [1.807, 2.05) is 24.3 Å². The number of hydrogen-bond acceptors (Lipinski definition) is 3. The van der Waals surface area contributed by atoms with E-state index >= 15 is 0 Å². The fraction of sp³-hybridized carbons (Fsp3) is 0.533. The molecular formula is C15H22N2O2. The first kappa shape index (κ1) is 13.9. The van der Waals surface area contributed by atoms with E-state index in [1.165, 1.54) is 0 Å². The van der Waals surface area contributed by atoms with Gasteiger partial charge in [-0.25, -0.2) is 0 Å². The van der Waals surface area contributed by atoms with Crippen molar-refractivity contribution in [3.63, 3.8) is 0 Å². The molecule has 1 aliphatic heterocycles. The third-order valence-corrected chi connectivity index (χ3v) is 3.32. The maximum Gasteiger partial charge on any atom is 0.227 e. The summed E-state index contributed by atoms with van der Waals surface area (Å²) in [7, 11) is 0. The molecule has 1 aromatic carbocycles. The number of benzene rings is 1. The normalized spacial score (nSPS) is 16.1. The Hall–Kier alpha value is -1.55. The second kappa shape index (κ2) is 7.14. The van der Waals surface area contributed by atoms with Crippen LogP contribution in [-0.4, -0.2) is 25.7 Å². The fourth-order valence-corrected chi connectivity index (χ4v) is 2.14. The smallest absolute Gasteiger partial charge is 0.227 e. The van der Waals surface area contributed by atoms with Crippen molar-refractivity contribution in [1.82, 2.24) is 0 Å². The van der Waals surface area contributed by atoms with Crippen molar-refractivity contribution in [3.05, 3.63) is 24.3 Å². The number of ether oxygens (including phenoxy) is 1. The zero-order valence-electron chi connectivity index (χ0n) is 11.4. The van der Waals surface area contributed by atoms with Crippen LogP contribution in [0.4, 0.5) is 11.4 Å². The van der Waals surface area contributed by atoms with Crippen molar-refractivity contribution < 1.29 is 9.53 Å². The summed E-state index contributed by atoms with van der Waals surface area (Å²) in [5.74, 6) is 0.198. The summed E-state index contributed by atoms with van der Waals surface area (Å²) in [6.07, 6.45) is 2.74. The van der Waals surface area contributed by atoms with Crippen LogP contribution in [0.25, 0.3) is 0 Å². The summed E-state index contributed by atoms with van der Waals surface area (Å²) >= 11 is 0. The molecule has 0 saturated carbocycles. The molecule has 1 aliphatic rings. The molecule has 104 valence electrons. The third-order valence-electron chi connectivity index (χ3n) is 3.32. The minimum Gasteiger partial charge on any atom is -0.385 e. The lowest BCUT2D eigenvalue weighted by Crippen LogP contribution is -2.28. The molecule has 0 aliphatic carbocycles. The van der Waals surface area contributed by atoms with E-state index in [-0.39, 0.29) is 11.8 Å². The second-order valence-electron chi connectivity index (χ2n) is 4.88. The number of nitrogens with one attached hydrogen (secondary N) is 2. The minimum atomic E-state index is 0.0895. The van der Waals surface area contributed by atoms with Crippen LogP contribution in [0.15, 0.2) is 24.3 Å². The van der Waals surface area contributed by atoms with Gasteiger partial charge in [-0.15, -0.1) is 0 Å². The first-order valence-electron chi connectivity index (χ1n) is 7.02. The summed E-state index contributed by atoms with van der Waals surface area (Å²) in [6, 6.07) is 7.87. The molecule has 2 N–H and O–H groups in total. The molecule has 0 bridgehead atoms. The van der Waals surface area contributed by atoms with Crippen LogP contribution in [0.2, 0.25) is 0 Å². The van der Waals surface area contributed by atoms with Crippen LogP contribution in [0.3, 0.4) is 0 Å². The van der Waals surface area contributed by atoms with Gasteiger partial charge in [-0.3, -0.25) is 4.79 Å². The largest absolute Gasteiger partial charge is 0.385 e. The third kappa shape index (κ3) is 4.24. The number of rotatable bonds is 5. The van der Waals surface area contributed by atoms with Crippen LogP contribution in [0, 0.1) is 5.92 Å². The summed E-state index contributed by atoms with van der Waals surface area (Å²) in [5, 5.41) is 6.28. The number of carbonyl (C=O) groups is 1. The van der Waals surface area contributed by atoms with Crippen molar-refractivity contribution in [2.45, 2.75) is 26.2 Å². The van der Waals surface area contributed by atoms with Gasteiger partial charge in [0, 0.05) is 37.1 Å². The first-order chi connectivity index (χ1) is 9.29. The maximum atomic E-state index is 12.0. The molecule has 0 atom stereocenters. The van der Waals surface area contributed by atoms with Crippen molar-refractivity contribution in [1.29, 1.82) is 0 Å². The second-order valence-corrected chi connectivity index (χ2v) is 4.88. The van der Waals surface area contributed by atoms with E-state index in [9.17, 15) is 4.79 Å². The fourth-order valence-electron chi connectivity index (χ4n) is 2.14. The molecule has 2 rings (SSSR count). The predicted molar refractivity (Wildman–Crippen MR) is 77.4 cm³/mol. The van der Waals surface area contributed by atoms with E-state index in [2.05, 4.69) is 17.6 Å². The quantitative estimate of drug-likeness (QED) is 0.858. The predicted octanol–water partition coefficient (Wildman–Crippen LogP) is 2.87. The molecule has 4 heteroatoms. The average Bonchev–Trinajstić information content (AvgIpc) is 2.47. The van der Waals surface area contributed by atoms with Gasteiger partial charge in [0.15, 0.2) is 0 Å². The highest BCUT2D eigenvalue weighted by atomic mass is 16.5. The monoisotopic (exact) mass is 262 g/mol. The van der Waals surface area contributed by atoms with Gasteiger partial charge in [0.05, 0.1) is 0 Å². The molecule has 1 saturated heterocycles. The lowest BCUT2D eigenvalue weighted by Gasteiger charge is -2.21. The lowest BCUT2D eigenvalue weighted by molar-refractivity contribution is -0.122. The van der Waals surface area contributed by atoms with Gasteiger partial charge in [0.1, 0.15) is 0 Å². The van der Waals surface area contributed by atoms with Crippen LogP contribution in [0.5, 0.6) is 0 Å². The molecule has 4 nitrogen and oxygen atoms in total. The van der Waals surface area contributed by atoms with Gasteiger partial charge in [-0.2, -0.15) is 0 Å². The van der Waals surface area contributed by atoms with Gasteiger partial charge in [-0.05, 0) is 43.5 Å². The van der Waals surface area contributed by atoms with Gasteiger partial charge in [-0.1, -0.05) is 6.92 Å². The topological polar surface area (TPSA) is 50.4 Å². The number of anilines is 2. The molecule has 1 heterocycles. The van der Waals surface area contributed by atoms with E-state index in [0.717, 1.165) is 37.2 Å². The first-order valence-corrected chi connectivity index (χ1v) is 7.02. The maximum absolute atomic E-state index is 12.0. The van der Waals surface area contributed by atoms with Crippen LogP contribution >= 0.6 is 0 Å². The van der Waals surface area contributed by atoms with Crippen LogP contribution in [-0.2, 0) is 9.53 Å². The highest BCUT2D eigenvalue weighted by Gasteiger charge is 2.21. The molecule has 0 spiro atoms. The van der Waals surface area contributed by atoms with Gasteiger partial charge >= 0.3 is 0 Å². The molecule has 0 aromatic heterocycles. The number of carbonyl (C=O) groups excluding carboxylic acids is 1. The highest BCUT2D eigenvalue weighted by Crippen LogP contribution is 2.19. The Kier molecular flexibility index (Phi) is 5.21. The molecule has 0 radical (unpaired) electrons. The minimum absolute atomic E-state index is 0.0895. The zero-order chi connectivity index (χ0) is 13.5. The molecule has 19 heavy (non-hydrogen) atoms. The molecule has 1 amide bonds. The SMILES string of the molecule is CCCNc1ccc(NC(=O)C2CCOCC2)cc1. The molecule has 1 aromatic rings. The summed E-state index contributed by atoms with van der Waals surface area (Å²) in [6.45, 7) is 4.49. The zero-order valence-corrected chi connectivity index (χ0v) is 11.4. The van der Waals surface area contributed by atoms with Gasteiger partial charge in [0.2, 0.25) is 5.91 Å². The Labute approximate surface area is 114 Å². The number of amides is 1. The average molecular weight is 262 g/mol. The van der Waals surface area contributed by atoms with Crippen LogP contribution < -0.4 is 10.6 Å². The van der Waals surface area contributed by atoms with Crippen molar-refractivity contribution in [2.24, 2.45) is 5.92 Å². The van der Waals surface area contributed by atoms with Gasteiger partial charge in [0.25, 0.3) is 0 Å². The Morgan fingerprint density at radius 1 is 1.21 bits per heavy atom. The highest BCUT2D eigenvalue weighted by molar-refractivity contribution is 5.92. The van der Waals surface area contributed by atoms with E-state index < -0.39 is 0 Å². The van der Waals surface area contributed by atoms with E-state index in [4.69, 9.17) is 4.74 Å². The van der Waals surface area contributed by atoms with Crippen LogP contribution in [0.1, 0.15) is 26.2 Å². The molecule has 0 unspecified atom stereocenters. The summed E-state index contributed by atoms with van der Waals surface area (Å²) < 4.78 is 5.27. The van der Waals surface area contributed by atoms with Crippen molar-refractivity contribution in [2.75, 3.05) is 30.4 Å². The standard InChI is InChI=1S/C15H22N2O2/c1-2-9-16-13-3-5-14(6-4-13)17-15(18)12-7-10-19-11-8-12/h3-6,12,16H,2,7-11H2,1H3,(H,17,18). The van der Waals surface area contributed by atoms with E-state index in [0.29, 0.717) is 13.2 Å². The number of hydrogen-bond donors (Lipinski definition) is 2. The van der Waals surface area contributed by atoms with Gasteiger partial charge < -0.3 is 15.4 Å². The molecule has 1 fully saturated rings. The summed E-state index contributed by atoms with van der Waals surface area (Å²) in [5.41, 5.74) is 1.95. The van der Waals surface area contributed by atoms with Crippen molar-refractivity contribution >= 4 is 17.3 Å². The van der Waals surface area contributed by atoms with Crippen molar-refractivity contribution in [3.8, 4) is 0 Å². The Bertz CT molecular complexity index is 397. The summed E-state index contributed by atoms with van der Waals surface area (Å²) in [4.78, 5) is 12.0. The van der Waals surface area contributed by atoms with E-state index in [1.54, 1.807) is 0 Å². The Balaban J connectivity index is 1.86. The Morgan fingerprint density at radius 3 is 2.47 bits per heavy atom. The molecular weight excluding hydrogens is 240 g/mol. The lowest BCUT2D eigenvalue weighted by atomic mass is 9.99. The Morgan fingerprint density at radius 2 is 1.84 bits per heavy atom.